The number of nitrogens with one attached hydrogen (secondary N) is 1. The van der Waals surface area contributed by atoms with Crippen LogP contribution < -0.4 is 10.1 Å². The minimum absolute atomic E-state index is 0.119. The maximum atomic E-state index is 11.0. The van der Waals surface area contributed by atoms with Gasteiger partial charge in [-0.3, -0.25) is 20.2 Å². The second-order valence-electron chi connectivity index (χ2n) is 3.85. The highest BCUT2D eigenvalue weighted by Crippen LogP contribution is 2.35. The highest BCUT2D eigenvalue weighted by molar-refractivity contribution is 5.53. The number of benzene rings is 1. The summed E-state index contributed by atoms with van der Waals surface area (Å²) in [7, 11) is 1.59. The monoisotopic (exact) mass is 290 g/mol. The van der Waals surface area contributed by atoms with Crippen LogP contribution in [0, 0.1) is 20.2 Å². The molecule has 0 bridgehead atoms. The molecule has 0 saturated carbocycles. The van der Waals surface area contributed by atoms with Crippen LogP contribution in [0.3, 0.4) is 0 Å². The number of rotatable bonds is 5. The molecule has 1 aromatic heterocycles. The van der Waals surface area contributed by atoms with E-state index in [0.29, 0.717) is 5.82 Å². The van der Waals surface area contributed by atoms with E-state index in [1.807, 2.05) is 0 Å². The summed E-state index contributed by atoms with van der Waals surface area (Å²) in [5.74, 6) is -0.0957. The first kappa shape index (κ1) is 14.2. The molecule has 9 heteroatoms. The van der Waals surface area contributed by atoms with E-state index in [9.17, 15) is 20.2 Å². The molecule has 0 saturated heterocycles. The van der Waals surface area contributed by atoms with E-state index in [-0.39, 0.29) is 23.0 Å². The second kappa shape index (κ2) is 5.82. The molecule has 0 aliphatic heterocycles. The number of para-hydroxylation sites is 2. The van der Waals surface area contributed by atoms with Gasteiger partial charge < -0.3 is 10.1 Å². The first-order valence-electron chi connectivity index (χ1n) is 5.77. The van der Waals surface area contributed by atoms with Crippen molar-refractivity contribution in [3.05, 3.63) is 56.6 Å². The van der Waals surface area contributed by atoms with Crippen LogP contribution in [0.15, 0.2) is 36.4 Å². The van der Waals surface area contributed by atoms with Crippen molar-refractivity contribution in [2.75, 3.05) is 12.4 Å². The van der Waals surface area contributed by atoms with Crippen molar-refractivity contribution < 1.29 is 14.6 Å². The number of hydrogen-bond donors (Lipinski definition) is 1. The zero-order valence-corrected chi connectivity index (χ0v) is 10.8. The minimum atomic E-state index is -0.670. The first-order valence-corrected chi connectivity index (χ1v) is 5.77. The molecule has 9 nitrogen and oxygen atoms in total. The van der Waals surface area contributed by atoms with Crippen LogP contribution in [0.25, 0.3) is 0 Å². The third-order valence-corrected chi connectivity index (χ3v) is 2.56. The molecular formula is C12H10N4O5. The molecular weight excluding hydrogens is 280 g/mol. The van der Waals surface area contributed by atoms with Crippen molar-refractivity contribution in [2.45, 2.75) is 0 Å². The highest BCUT2D eigenvalue weighted by Gasteiger charge is 2.22. The highest BCUT2D eigenvalue weighted by atomic mass is 16.6. The quantitative estimate of drug-likeness (QED) is 0.663. The first-order chi connectivity index (χ1) is 10.0. The maximum Gasteiger partial charge on any atom is 0.331 e. The Labute approximate surface area is 118 Å². The lowest BCUT2D eigenvalue weighted by Gasteiger charge is -2.07. The zero-order chi connectivity index (χ0) is 15.4. The Morgan fingerprint density at radius 1 is 1.05 bits per heavy atom. The van der Waals surface area contributed by atoms with Gasteiger partial charge in [-0.2, -0.15) is 4.98 Å². The van der Waals surface area contributed by atoms with Crippen LogP contribution in [0.1, 0.15) is 0 Å². The van der Waals surface area contributed by atoms with Crippen LogP contribution in [0.5, 0.6) is 11.6 Å². The van der Waals surface area contributed by atoms with Crippen LogP contribution >= 0.6 is 0 Å². The van der Waals surface area contributed by atoms with Crippen molar-refractivity contribution in [1.29, 1.82) is 0 Å². The fourth-order valence-corrected chi connectivity index (χ4v) is 1.58. The molecule has 0 amide bonds. The van der Waals surface area contributed by atoms with Gasteiger partial charge in [-0.25, -0.2) is 0 Å². The standard InChI is InChI=1S/C12H10N4O5/c1-13-11-7-6-9(16(19)20)12(14-11)21-10-5-3-2-4-8(10)15(17)18/h2-7H,1H3,(H,13,14). The van der Waals surface area contributed by atoms with E-state index in [0.717, 1.165) is 0 Å². The number of ether oxygens (including phenoxy) is 1. The summed E-state index contributed by atoms with van der Waals surface area (Å²) in [5.41, 5.74) is -0.685. The van der Waals surface area contributed by atoms with E-state index in [1.54, 1.807) is 7.05 Å². The maximum absolute atomic E-state index is 11.0. The Kier molecular flexibility index (Phi) is 3.93. The number of pyridine rings is 1. The Bertz CT molecular complexity index is 704. The Hall–Kier alpha value is -3.23. The Morgan fingerprint density at radius 2 is 1.71 bits per heavy atom. The number of aromatic nitrogens is 1. The van der Waals surface area contributed by atoms with Crippen LogP contribution in [-0.4, -0.2) is 21.9 Å². The second-order valence-corrected chi connectivity index (χ2v) is 3.85. The molecule has 2 aromatic rings. The molecule has 0 fully saturated rings. The lowest BCUT2D eigenvalue weighted by Crippen LogP contribution is -2.00. The summed E-state index contributed by atoms with van der Waals surface area (Å²) in [6, 6.07) is 8.19. The number of nitro benzene ring substituents is 1. The molecule has 0 atom stereocenters. The van der Waals surface area contributed by atoms with Gasteiger partial charge in [-0.05, 0) is 12.1 Å². The number of nitro groups is 2. The third-order valence-electron chi connectivity index (χ3n) is 2.56. The summed E-state index contributed by atoms with van der Waals surface area (Å²) >= 11 is 0. The summed E-state index contributed by atoms with van der Waals surface area (Å²) in [5, 5.41) is 24.6. The molecule has 0 aliphatic rings. The molecule has 2 rings (SSSR count). The van der Waals surface area contributed by atoms with Crippen LogP contribution in [0.2, 0.25) is 0 Å². The average molecular weight is 290 g/mol. The minimum Gasteiger partial charge on any atom is -0.426 e. The largest absolute Gasteiger partial charge is 0.426 e. The van der Waals surface area contributed by atoms with E-state index in [1.165, 1.54) is 36.4 Å². The molecule has 1 N–H and O–H groups in total. The predicted octanol–water partition coefficient (Wildman–Crippen LogP) is 2.73. The molecule has 0 aliphatic carbocycles. The van der Waals surface area contributed by atoms with Crippen molar-refractivity contribution >= 4 is 17.2 Å². The summed E-state index contributed by atoms with van der Waals surface area (Å²) in [6.45, 7) is 0. The van der Waals surface area contributed by atoms with Gasteiger partial charge in [0.1, 0.15) is 5.82 Å². The topological polar surface area (TPSA) is 120 Å². The molecule has 0 spiro atoms. The molecule has 0 radical (unpaired) electrons. The average Bonchev–Trinajstić information content (AvgIpc) is 2.47. The van der Waals surface area contributed by atoms with Gasteiger partial charge in [0, 0.05) is 19.2 Å². The van der Waals surface area contributed by atoms with Gasteiger partial charge in [0.05, 0.1) is 9.85 Å². The van der Waals surface area contributed by atoms with Crippen molar-refractivity contribution in [2.24, 2.45) is 0 Å². The van der Waals surface area contributed by atoms with Gasteiger partial charge in [-0.1, -0.05) is 12.1 Å². The fraction of sp³-hybridized carbons (Fsp3) is 0.0833. The van der Waals surface area contributed by atoms with E-state index < -0.39 is 9.85 Å². The summed E-state index contributed by atoms with van der Waals surface area (Å²) in [4.78, 5) is 24.5. The van der Waals surface area contributed by atoms with Gasteiger partial charge >= 0.3 is 17.3 Å². The van der Waals surface area contributed by atoms with E-state index >= 15 is 0 Å². The van der Waals surface area contributed by atoms with E-state index in [4.69, 9.17) is 4.74 Å². The number of hydrogen-bond acceptors (Lipinski definition) is 7. The lowest BCUT2D eigenvalue weighted by molar-refractivity contribution is -0.387. The van der Waals surface area contributed by atoms with E-state index in [2.05, 4.69) is 10.3 Å². The van der Waals surface area contributed by atoms with Gasteiger partial charge in [0.25, 0.3) is 0 Å². The zero-order valence-electron chi connectivity index (χ0n) is 10.8. The smallest absolute Gasteiger partial charge is 0.331 e. The van der Waals surface area contributed by atoms with Crippen LogP contribution in [-0.2, 0) is 0 Å². The molecule has 1 heterocycles. The number of nitrogens with zero attached hydrogens (tertiary/aromatic N) is 3. The van der Waals surface area contributed by atoms with Crippen LogP contribution in [0.4, 0.5) is 17.2 Å². The molecule has 21 heavy (non-hydrogen) atoms. The Morgan fingerprint density at radius 3 is 2.33 bits per heavy atom. The van der Waals surface area contributed by atoms with Crippen molar-refractivity contribution in [1.82, 2.24) is 4.98 Å². The third kappa shape index (κ3) is 3.03. The Balaban J connectivity index is 2.48. The molecule has 1 aromatic carbocycles. The summed E-state index contributed by atoms with van der Waals surface area (Å²) in [6.07, 6.45) is 0. The predicted molar refractivity (Wildman–Crippen MR) is 73.6 cm³/mol. The summed E-state index contributed by atoms with van der Waals surface area (Å²) < 4.78 is 5.27. The normalized spacial score (nSPS) is 9.95. The molecule has 0 unspecified atom stereocenters. The SMILES string of the molecule is CNc1ccc([N+](=O)[O-])c(Oc2ccccc2[N+](=O)[O-])n1. The van der Waals surface area contributed by atoms with Crippen molar-refractivity contribution in [3.8, 4) is 11.6 Å². The lowest BCUT2D eigenvalue weighted by atomic mass is 10.3. The number of anilines is 1. The van der Waals surface area contributed by atoms with Gasteiger partial charge in [-0.15, -0.1) is 0 Å². The van der Waals surface area contributed by atoms with Gasteiger partial charge in [0.2, 0.25) is 5.75 Å². The van der Waals surface area contributed by atoms with Crippen molar-refractivity contribution in [3.63, 3.8) is 0 Å². The van der Waals surface area contributed by atoms with Gasteiger partial charge in [0.15, 0.2) is 0 Å². The molecule has 108 valence electrons. The fourth-order valence-electron chi connectivity index (χ4n) is 1.58.